The van der Waals surface area contributed by atoms with Crippen LogP contribution in [0.3, 0.4) is 0 Å². The number of hydrogen-bond donors (Lipinski definition) is 3. The molecule has 240 valence electrons. The highest BCUT2D eigenvalue weighted by atomic mass is 35.5. The smallest absolute Gasteiger partial charge is 0.410 e. The molecule has 0 unspecified atom stereocenters. The van der Waals surface area contributed by atoms with Crippen molar-refractivity contribution >= 4 is 45.5 Å². The molecule has 3 N–H and O–H groups in total. The normalized spacial score (nSPS) is 13.5. The number of phenols is 1. The second-order valence-corrected chi connectivity index (χ2v) is 15.4. The maximum atomic E-state index is 13.8. The summed E-state index contributed by atoms with van der Waals surface area (Å²) in [6.07, 6.45) is 2.79. The fourth-order valence-corrected chi connectivity index (χ4v) is 6.97. The van der Waals surface area contributed by atoms with Crippen molar-refractivity contribution in [1.82, 2.24) is 9.88 Å². The van der Waals surface area contributed by atoms with Crippen molar-refractivity contribution in [2.45, 2.75) is 65.2 Å². The van der Waals surface area contributed by atoms with Crippen molar-refractivity contribution in [2.24, 2.45) is 5.41 Å². The van der Waals surface area contributed by atoms with Gasteiger partial charge < -0.3 is 34.3 Å². The third-order valence-electron chi connectivity index (χ3n) is 6.68. The van der Waals surface area contributed by atoms with Gasteiger partial charge in [0.1, 0.15) is 23.2 Å². The molecule has 0 fully saturated rings. The van der Waals surface area contributed by atoms with Crippen LogP contribution in [0.2, 0.25) is 5.02 Å². The number of carbonyl (C=O) groups is 2. The predicted octanol–water partition coefficient (Wildman–Crippen LogP) is 6.34. The Kier molecular flexibility index (Phi) is 10.9. The van der Waals surface area contributed by atoms with E-state index in [4.69, 9.17) is 25.8 Å². The first-order valence-electron chi connectivity index (χ1n) is 14.0. The second-order valence-electron chi connectivity index (χ2n) is 12.8. The number of ether oxygens (including phenoxy) is 3. The summed E-state index contributed by atoms with van der Waals surface area (Å²) in [7, 11) is 1.19. The van der Waals surface area contributed by atoms with Gasteiger partial charge in [-0.05, 0) is 50.6 Å². The number of rotatable bonds is 10. The molecule has 1 amide bonds. The average molecular weight is 650 g/mol. The van der Waals surface area contributed by atoms with Gasteiger partial charge in [-0.2, -0.15) is 0 Å². The Balaban J connectivity index is 2.21. The quantitative estimate of drug-likeness (QED) is 0.216. The van der Waals surface area contributed by atoms with Crippen molar-refractivity contribution in [2.75, 3.05) is 26.2 Å². The van der Waals surface area contributed by atoms with Crippen molar-refractivity contribution in [3.63, 3.8) is 0 Å². The van der Waals surface area contributed by atoms with Crippen molar-refractivity contribution in [3.05, 3.63) is 68.5 Å². The van der Waals surface area contributed by atoms with Crippen LogP contribution in [-0.2, 0) is 26.9 Å². The van der Waals surface area contributed by atoms with E-state index >= 15 is 0 Å². The Morgan fingerprint density at radius 2 is 1.73 bits per heavy atom. The summed E-state index contributed by atoms with van der Waals surface area (Å²) in [4.78, 5) is 41.8. The van der Waals surface area contributed by atoms with Gasteiger partial charge in [-0.1, -0.05) is 38.4 Å². The minimum Gasteiger partial charge on any atom is -0.506 e. The summed E-state index contributed by atoms with van der Waals surface area (Å²) in [5.74, 6) is -1.07. The number of benzene rings is 2. The lowest BCUT2D eigenvalue weighted by Crippen LogP contribution is -2.42. The minimum atomic E-state index is -1.21. The Morgan fingerprint density at radius 1 is 1.07 bits per heavy atom. The van der Waals surface area contributed by atoms with Crippen LogP contribution >= 0.6 is 11.6 Å². The molecule has 2 aromatic carbocycles. The van der Waals surface area contributed by atoms with E-state index in [1.165, 1.54) is 36.3 Å². The molecule has 0 bridgehead atoms. The molecule has 10 nitrogen and oxygen atoms in total. The van der Waals surface area contributed by atoms with Gasteiger partial charge in [0.25, 0.3) is 0 Å². The molecule has 2 atom stereocenters. The van der Waals surface area contributed by atoms with E-state index in [9.17, 15) is 24.6 Å². The first kappa shape index (κ1) is 35.1. The van der Waals surface area contributed by atoms with Crippen molar-refractivity contribution < 1.29 is 34.0 Å². The van der Waals surface area contributed by atoms with Gasteiger partial charge in [0.15, 0.2) is 0 Å². The monoisotopic (exact) mass is 649 g/mol. The summed E-state index contributed by atoms with van der Waals surface area (Å²) >= 11 is 6.32. The number of pyridine rings is 1. The predicted molar refractivity (Wildman–Crippen MR) is 174 cm³/mol. The lowest BCUT2D eigenvalue weighted by atomic mass is 9.97. The van der Waals surface area contributed by atoms with E-state index in [1.54, 1.807) is 32.9 Å². The number of carbonyl (C=O) groups excluding carboxylic acids is 1. The van der Waals surface area contributed by atoms with Crippen LogP contribution in [-0.4, -0.2) is 69.4 Å². The number of nitrogens with zero attached hydrogens (tertiary/aromatic N) is 1. The van der Waals surface area contributed by atoms with Crippen molar-refractivity contribution in [3.8, 4) is 11.5 Å². The molecule has 0 aliphatic rings. The van der Waals surface area contributed by atoms with Gasteiger partial charge in [-0.25, -0.2) is 9.59 Å². The average Bonchev–Trinajstić information content (AvgIpc) is 2.89. The fraction of sp³-hybridized carbons (Fsp3) is 0.469. The number of carboxylic acids is 1. The molecule has 3 rings (SSSR count). The maximum absolute atomic E-state index is 13.8. The molecule has 0 saturated heterocycles. The number of hydrogen-bond acceptors (Lipinski definition) is 7. The zero-order valence-corrected chi connectivity index (χ0v) is 28.2. The summed E-state index contributed by atoms with van der Waals surface area (Å²) in [6.45, 7) is 11.5. The van der Waals surface area contributed by atoms with Crippen LogP contribution in [0.4, 0.5) is 4.79 Å². The number of aromatic amines is 1. The minimum absolute atomic E-state index is 0.000843. The van der Waals surface area contributed by atoms with Crippen molar-refractivity contribution in [1.29, 1.82) is 0 Å². The van der Waals surface area contributed by atoms with E-state index in [1.807, 2.05) is 0 Å². The number of aromatic nitrogens is 1. The van der Waals surface area contributed by atoms with E-state index in [0.29, 0.717) is 16.5 Å². The molecular weight excluding hydrogens is 608 g/mol. The number of methoxy groups -OCH3 is 1. The number of aromatic hydroxyl groups is 1. The van der Waals surface area contributed by atoms with Gasteiger partial charge >= 0.3 is 12.1 Å². The molecule has 0 spiro atoms. The van der Waals surface area contributed by atoms with E-state index < -0.39 is 23.8 Å². The molecule has 0 aliphatic heterocycles. The van der Waals surface area contributed by atoms with E-state index in [0.717, 1.165) is 0 Å². The molecule has 3 aromatic rings. The number of halogens is 1. The highest BCUT2D eigenvalue weighted by Gasteiger charge is 2.40. The zero-order valence-electron chi connectivity index (χ0n) is 26.6. The molecule has 0 saturated carbocycles. The topological polar surface area (TPSA) is 138 Å². The third kappa shape index (κ3) is 8.61. The molecule has 0 aliphatic carbocycles. The number of nitrogens with one attached hydrogen (secondary N) is 1. The summed E-state index contributed by atoms with van der Waals surface area (Å²) in [5.41, 5.74) is -0.470. The molecule has 1 heterocycles. The van der Waals surface area contributed by atoms with E-state index in [-0.39, 0.29) is 68.0 Å². The first-order valence-corrected chi connectivity index (χ1v) is 16.4. The molecule has 1 aromatic heterocycles. The second kappa shape index (κ2) is 13.7. The van der Waals surface area contributed by atoms with E-state index in [2.05, 4.69) is 38.3 Å². The Hall–Kier alpha value is -3.41. The SMILES string of the molecule is COc1cc(C(=O)O)c(Cl)cc1CN(C[C@H](O[C@@H]([S+](C)C)C(C)(C)C)c1ccc(O)c2[nH]c(=O)ccc12)C(=O)OC(C)(C)C. The van der Waals surface area contributed by atoms with Crippen LogP contribution in [0, 0.1) is 5.41 Å². The molecule has 44 heavy (non-hydrogen) atoms. The van der Waals surface area contributed by atoms with Crippen LogP contribution in [0.5, 0.6) is 11.5 Å². The highest BCUT2D eigenvalue weighted by Crippen LogP contribution is 2.37. The van der Waals surface area contributed by atoms with Crippen LogP contribution < -0.4 is 10.3 Å². The lowest BCUT2D eigenvalue weighted by Gasteiger charge is -2.35. The fourth-order valence-electron chi connectivity index (χ4n) is 4.93. The van der Waals surface area contributed by atoms with Gasteiger partial charge in [0.2, 0.25) is 11.0 Å². The number of aromatic carboxylic acids is 1. The first-order chi connectivity index (χ1) is 20.3. The van der Waals surface area contributed by atoms with Crippen LogP contribution in [0.25, 0.3) is 10.9 Å². The molecule has 0 radical (unpaired) electrons. The highest BCUT2D eigenvalue weighted by molar-refractivity contribution is 7.96. The van der Waals surface area contributed by atoms with Crippen LogP contribution in [0.1, 0.15) is 69.1 Å². The Labute approximate surface area is 265 Å². The number of fused-ring (bicyclic) bond motifs is 1. The lowest BCUT2D eigenvalue weighted by molar-refractivity contribution is -0.0396. The maximum Gasteiger partial charge on any atom is 0.410 e. The Morgan fingerprint density at radius 3 is 2.27 bits per heavy atom. The Bertz CT molecular complexity index is 1580. The van der Waals surface area contributed by atoms with Gasteiger partial charge in [-0.15, -0.1) is 0 Å². The number of H-pyrrole nitrogens is 1. The van der Waals surface area contributed by atoms with Crippen LogP contribution in [0.15, 0.2) is 41.2 Å². The zero-order chi connectivity index (χ0) is 33.1. The number of amides is 1. The largest absolute Gasteiger partial charge is 0.506 e. The molecular formula is C32H42ClN2O8S+. The number of phenolic OH excluding ortho intramolecular Hbond substituents is 1. The molecule has 12 heteroatoms. The number of carboxylic acid groups (broad SMARTS) is 1. The standard InChI is InChI=1S/C32H41ClN2O8S/c1-31(2,3)29(44(8)9)42-25(19-10-12-23(36)27-20(19)11-13-26(37)34-27)17-35(30(40)43-32(4,5)6)16-18-14-22(33)21(28(38)39)15-24(18)41-7/h10-15,25,29H,16-17H2,1-9H3,(H2-,34,36,37,38,39)/p+1/t25-,29-/m0/s1. The third-order valence-corrected chi connectivity index (χ3v) is 8.66. The van der Waals surface area contributed by atoms with Gasteiger partial charge in [0, 0.05) is 33.3 Å². The van der Waals surface area contributed by atoms with Gasteiger partial charge in [0.05, 0.1) is 48.8 Å². The summed E-state index contributed by atoms with van der Waals surface area (Å²) in [6, 6.07) is 8.98. The summed E-state index contributed by atoms with van der Waals surface area (Å²) < 4.78 is 18.2. The van der Waals surface area contributed by atoms with Gasteiger partial charge in [-0.3, -0.25) is 4.79 Å². The summed E-state index contributed by atoms with van der Waals surface area (Å²) in [5, 5.41) is 20.7.